The molecule has 0 radical (unpaired) electrons. The van der Waals surface area contributed by atoms with Crippen LogP contribution in [-0.2, 0) is 17.1 Å². The molecule has 0 aliphatic carbocycles. The standard InChI is InChI=1S/C14H21N3O2S2/c1-11-7-8-14(20-11)21(18,19)15-10-13(16(2)3)12-6-5-9-17(12)4/h5-9,13,15H,10H2,1-4H3. The van der Waals surface area contributed by atoms with Gasteiger partial charge < -0.3 is 4.57 Å². The van der Waals surface area contributed by atoms with Gasteiger partial charge in [-0.05, 0) is 45.3 Å². The molecule has 1 atom stereocenters. The van der Waals surface area contributed by atoms with Crippen LogP contribution < -0.4 is 4.72 Å². The number of aromatic nitrogens is 1. The van der Waals surface area contributed by atoms with Crippen LogP contribution in [0.15, 0.2) is 34.7 Å². The maximum Gasteiger partial charge on any atom is 0.250 e. The van der Waals surface area contributed by atoms with E-state index in [0.717, 1.165) is 10.6 Å². The highest BCUT2D eigenvalue weighted by Gasteiger charge is 2.22. The smallest absolute Gasteiger partial charge is 0.250 e. The van der Waals surface area contributed by atoms with Crippen LogP contribution in [0.5, 0.6) is 0 Å². The van der Waals surface area contributed by atoms with Crippen molar-refractivity contribution in [2.75, 3.05) is 20.6 Å². The Morgan fingerprint density at radius 2 is 2.05 bits per heavy atom. The summed E-state index contributed by atoms with van der Waals surface area (Å²) in [5.74, 6) is 0. The van der Waals surface area contributed by atoms with Crippen LogP contribution >= 0.6 is 11.3 Å². The highest BCUT2D eigenvalue weighted by Crippen LogP contribution is 2.22. The van der Waals surface area contributed by atoms with Gasteiger partial charge in [-0.2, -0.15) is 0 Å². The number of rotatable bonds is 6. The lowest BCUT2D eigenvalue weighted by Crippen LogP contribution is -2.35. The molecule has 5 nitrogen and oxygen atoms in total. The number of sulfonamides is 1. The molecule has 1 unspecified atom stereocenters. The number of nitrogens with one attached hydrogen (secondary N) is 1. The van der Waals surface area contributed by atoms with Crippen molar-refractivity contribution in [2.45, 2.75) is 17.2 Å². The molecule has 2 aromatic rings. The van der Waals surface area contributed by atoms with E-state index in [9.17, 15) is 8.42 Å². The number of nitrogens with zero attached hydrogens (tertiary/aromatic N) is 2. The third-order valence-corrected chi connectivity index (χ3v) is 6.31. The summed E-state index contributed by atoms with van der Waals surface area (Å²) >= 11 is 1.29. The summed E-state index contributed by atoms with van der Waals surface area (Å²) in [6.45, 7) is 2.24. The zero-order valence-electron chi connectivity index (χ0n) is 12.7. The van der Waals surface area contributed by atoms with E-state index in [2.05, 4.69) is 4.72 Å². The number of likely N-dealkylation sites (N-methyl/N-ethyl adjacent to an activating group) is 1. The number of hydrogen-bond acceptors (Lipinski definition) is 4. The van der Waals surface area contributed by atoms with Crippen molar-refractivity contribution in [1.29, 1.82) is 0 Å². The van der Waals surface area contributed by atoms with Gasteiger partial charge in [-0.15, -0.1) is 11.3 Å². The molecule has 7 heteroatoms. The van der Waals surface area contributed by atoms with E-state index in [-0.39, 0.29) is 6.04 Å². The molecule has 0 aliphatic heterocycles. The van der Waals surface area contributed by atoms with Gasteiger partial charge in [0, 0.05) is 30.4 Å². The molecule has 0 saturated carbocycles. The van der Waals surface area contributed by atoms with E-state index in [1.807, 2.05) is 61.9 Å². The minimum Gasteiger partial charge on any atom is -0.353 e. The van der Waals surface area contributed by atoms with Crippen LogP contribution in [-0.4, -0.2) is 38.5 Å². The van der Waals surface area contributed by atoms with Crippen LogP contribution in [0.4, 0.5) is 0 Å². The van der Waals surface area contributed by atoms with Crippen molar-refractivity contribution < 1.29 is 8.42 Å². The molecule has 1 N–H and O–H groups in total. The van der Waals surface area contributed by atoms with E-state index in [1.165, 1.54) is 11.3 Å². The molecule has 0 spiro atoms. The molecule has 0 saturated heterocycles. The Morgan fingerprint density at radius 3 is 2.52 bits per heavy atom. The number of aryl methyl sites for hydroxylation is 2. The fourth-order valence-electron chi connectivity index (χ4n) is 2.19. The van der Waals surface area contributed by atoms with Gasteiger partial charge in [-0.25, -0.2) is 13.1 Å². The van der Waals surface area contributed by atoms with Gasteiger partial charge in [-0.1, -0.05) is 0 Å². The predicted octanol–water partition coefficient (Wildman–Crippen LogP) is 1.98. The molecule has 2 heterocycles. The summed E-state index contributed by atoms with van der Waals surface area (Å²) in [5, 5.41) is 0. The van der Waals surface area contributed by atoms with Gasteiger partial charge in [0.25, 0.3) is 0 Å². The van der Waals surface area contributed by atoms with E-state index >= 15 is 0 Å². The van der Waals surface area contributed by atoms with Crippen LogP contribution in [0.2, 0.25) is 0 Å². The Balaban J connectivity index is 2.14. The third-order valence-electron chi connectivity index (χ3n) is 3.40. The van der Waals surface area contributed by atoms with Gasteiger partial charge in [0.05, 0.1) is 6.04 Å². The monoisotopic (exact) mass is 327 g/mol. The lowest BCUT2D eigenvalue weighted by molar-refractivity contribution is 0.289. The minimum absolute atomic E-state index is 0.0131. The van der Waals surface area contributed by atoms with Gasteiger partial charge in [-0.3, -0.25) is 4.90 Å². The first-order chi connectivity index (χ1) is 9.81. The van der Waals surface area contributed by atoms with Gasteiger partial charge >= 0.3 is 0 Å². The largest absolute Gasteiger partial charge is 0.353 e. The van der Waals surface area contributed by atoms with Crippen molar-refractivity contribution in [2.24, 2.45) is 7.05 Å². The summed E-state index contributed by atoms with van der Waals surface area (Å²) in [5.41, 5.74) is 1.07. The Labute approximate surface area is 130 Å². The zero-order chi connectivity index (χ0) is 15.6. The summed E-state index contributed by atoms with van der Waals surface area (Å²) in [6.07, 6.45) is 1.96. The summed E-state index contributed by atoms with van der Waals surface area (Å²) in [4.78, 5) is 3.00. The topological polar surface area (TPSA) is 54.3 Å². The second-order valence-corrected chi connectivity index (χ2v) is 8.52. The van der Waals surface area contributed by atoms with E-state index < -0.39 is 10.0 Å². The molecular weight excluding hydrogens is 306 g/mol. The first kappa shape index (κ1) is 16.2. The van der Waals surface area contributed by atoms with Crippen molar-refractivity contribution in [1.82, 2.24) is 14.2 Å². The van der Waals surface area contributed by atoms with Gasteiger partial charge in [0.15, 0.2) is 0 Å². The second kappa shape index (κ2) is 6.31. The quantitative estimate of drug-likeness (QED) is 0.882. The molecule has 2 aromatic heterocycles. The lowest BCUT2D eigenvalue weighted by Gasteiger charge is -2.25. The summed E-state index contributed by atoms with van der Waals surface area (Å²) < 4.78 is 29.7. The van der Waals surface area contributed by atoms with Crippen LogP contribution in [0, 0.1) is 6.92 Å². The maximum absolute atomic E-state index is 12.3. The van der Waals surface area contributed by atoms with Crippen molar-refractivity contribution in [3.05, 3.63) is 41.0 Å². The Morgan fingerprint density at radius 1 is 1.33 bits per heavy atom. The molecule has 0 fully saturated rings. The number of hydrogen-bond donors (Lipinski definition) is 1. The molecule has 0 aliphatic rings. The molecule has 116 valence electrons. The molecular formula is C14H21N3O2S2. The molecule has 0 aromatic carbocycles. The van der Waals surface area contributed by atoms with Crippen molar-refractivity contribution in [3.63, 3.8) is 0 Å². The van der Waals surface area contributed by atoms with Crippen molar-refractivity contribution >= 4 is 21.4 Å². The van der Waals surface area contributed by atoms with E-state index in [4.69, 9.17) is 0 Å². The van der Waals surface area contributed by atoms with E-state index in [1.54, 1.807) is 6.07 Å². The van der Waals surface area contributed by atoms with Gasteiger partial charge in [0.1, 0.15) is 4.21 Å². The second-order valence-electron chi connectivity index (χ2n) is 5.24. The molecule has 21 heavy (non-hydrogen) atoms. The maximum atomic E-state index is 12.3. The molecule has 2 rings (SSSR count). The van der Waals surface area contributed by atoms with Gasteiger partial charge in [0.2, 0.25) is 10.0 Å². The first-order valence-electron chi connectivity index (χ1n) is 6.65. The normalized spacial score (nSPS) is 13.8. The SMILES string of the molecule is Cc1ccc(S(=O)(=O)NCC(c2cccn2C)N(C)C)s1. The zero-order valence-corrected chi connectivity index (χ0v) is 14.3. The van der Waals surface area contributed by atoms with Crippen molar-refractivity contribution in [3.8, 4) is 0 Å². The van der Waals surface area contributed by atoms with Crippen LogP contribution in [0.1, 0.15) is 16.6 Å². The summed E-state index contributed by atoms with van der Waals surface area (Å²) in [7, 11) is 2.41. The van der Waals surface area contributed by atoms with Crippen LogP contribution in [0.3, 0.4) is 0 Å². The minimum atomic E-state index is -3.44. The van der Waals surface area contributed by atoms with Crippen LogP contribution in [0.25, 0.3) is 0 Å². The number of thiophene rings is 1. The average Bonchev–Trinajstić information content (AvgIpc) is 2.99. The fourth-order valence-corrected chi connectivity index (χ4v) is 4.55. The fraction of sp³-hybridized carbons (Fsp3) is 0.429. The Hall–Kier alpha value is -1.15. The Bertz CT molecular complexity index is 701. The summed E-state index contributed by atoms with van der Waals surface area (Å²) in [6, 6.07) is 7.42. The lowest BCUT2D eigenvalue weighted by atomic mass is 10.2. The average molecular weight is 327 g/mol. The Kier molecular flexibility index (Phi) is 4.88. The highest BCUT2D eigenvalue weighted by atomic mass is 32.2. The third kappa shape index (κ3) is 3.74. The first-order valence-corrected chi connectivity index (χ1v) is 8.95. The molecule has 0 bridgehead atoms. The highest BCUT2D eigenvalue weighted by molar-refractivity contribution is 7.91. The predicted molar refractivity (Wildman–Crippen MR) is 86.1 cm³/mol. The van der Waals surface area contributed by atoms with E-state index in [0.29, 0.717) is 10.8 Å². The molecule has 0 amide bonds.